The van der Waals surface area contributed by atoms with Gasteiger partial charge >= 0.3 is 0 Å². The van der Waals surface area contributed by atoms with Gasteiger partial charge in [-0.2, -0.15) is 0 Å². The molecule has 6 nitrogen and oxygen atoms in total. The number of benzene rings is 3. The van der Waals surface area contributed by atoms with E-state index >= 15 is 0 Å². The maximum atomic E-state index is 12.8. The summed E-state index contributed by atoms with van der Waals surface area (Å²) >= 11 is 0. The second-order valence-corrected chi connectivity index (χ2v) is 8.89. The van der Waals surface area contributed by atoms with Gasteiger partial charge in [-0.05, 0) is 65.5 Å². The molecule has 0 aliphatic carbocycles. The highest BCUT2D eigenvalue weighted by molar-refractivity contribution is 7.91. The fraction of sp³-hybridized carbons (Fsp3) is 0.0833. The molecule has 0 atom stereocenters. The smallest absolute Gasteiger partial charge is 0.251 e. The lowest BCUT2D eigenvalue weighted by Gasteiger charge is -2.09. The summed E-state index contributed by atoms with van der Waals surface area (Å²) in [6.45, 7) is 0.284. The minimum atomic E-state index is -3.62. The van der Waals surface area contributed by atoms with Gasteiger partial charge < -0.3 is 10.1 Å². The molecule has 0 aliphatic rings. The summed E-state index contributed by atoms with van der Waals surface area (Å²) in [5.74, 6) is 0.383. The van der Waals surface area contributed by atoms with Crippen molar-refractivity contribution in [1.82, 2.24) is 10.3 Å². The average molecular weight is 433 g/mol. The molecule has 31 heavy (non-hydrogen) atoms. The Morgan fingerprint density at radius 3 is 2.26 bits per heavy atom. The number of fused-ring (bicyclic) bond motifs is 1. The zero-order valence-corrected chi connectivity index (χ0v) is 17.6. The third-order valence-electron chi connectivity index (χ3n) is 4.96. The zero-order valence-electron chi connectivity index (χ0n) is 16.8. The van der Waals surface area contributed by atoms with E-state index in [1.807, 2.05) is 12.1 Å². The number of rotatable bonds is 6. The highest BCUT2D eigenvalue weighted by Gasteiger charge is 2.17. The Labute approximate surface area is 180 Å². The van der Waals surface area contributed by atoms with Gasteiger partial charge in [0.05, 0.1) is 16.9 Å². The van der Waals surface area contributed by atoms with E-state index in [9.17, 15) is 13.2 Å². The number of carbonyl (C=O) groups excluding carboxylic acids is 1. The van der Waals surface area contributed by atoms with Gasteiger partial charge in [0.1, 0.15) is 5.75 Å². The lowest BCUT2D eigenvalue weighted by Crippen LogP contribution is -2.22. The van der Waals surface area contributed by atoms with Crippen molar-refractivity contribution in [2.45, 2.75) is 16.3 Å². The molecule has 1 amide bonds. The summed E-state index contributed by atoms with van der Waals surface area (Å²) in [6.07, 6.45) is 3.43. The predicted molar refractivity (Wildman–Crippen MR) is 118 cm³/mol. The molecule has 4 rings (SSSR count). The van der Waals surface area contributed by atoms with Crippen LogP contribution >= 0.6 is 0 Å². The molecule has 0 fully saturated rings. The molecule has 0 saturated carbocycles. The van der Waals surface area contributed by atoms with Gasteiger partial charge in [-0.25, -0.2) is 8.42 Å². The Kier molecular flexibility index (Phi) is 5.68. The fourth-order valence-electron chi connectivity index (χ4n) is 3.19. The Hall–Kier alpha value is -3.71. The quantitative estimate of drug-likeness (QED) is 0.498. The summed E-state index contributed by atoms with van der Waals surface area (Å²) in [7, 11) is -2.10. The summed E-state index contributed by atoms with van der Waals surface area (Å²) < 4.78 is 30.6. The van der Waals surface area contributed by atoms with E-state index in [1.165, 1.54) is 19.2 Å². The molecule has 0 aliphatic heterocycles. The first-order valence-corrected chi connectivity index (χ1v) is 11.1. The van der Waals surface area contributed by atoms with Gasteiger partial charge in [0.15, 0.2) is 0 Å². The number of pyridine rings is 1. The number of nitrogens with one attached hydrogen (secondary N) is 1. The van der Waals surface area contributed by atoms with Gasteiger partial charge in [0.25, 0.3) is 5.91 Å². The SMILES string of the molecule is COc1ccc(S(=O)(=O)c2ccc(CNC(=O)c3ccc4ccncc4c3)cc2)cc1. The van der Waals surface area contributed by atoms with Crippen molar-refractivity contribution < 1.29 is 17.9 Å². The lowest BCUT2D eigenvalue weighted by molar-refractivity contribution is 0.0951. The van der Waals surface area contributed by atoms with E-state index in [1.54, 1.807) is 60.9 Å². The summed E-state index contributed by atoms with van der Waals surface area (Å²) in [6, 6.07) is 20.1. The molecule has 1 aromatic heterocycles. The zero-order chi connectivity index (χ0) is 21.8. The number of nitrogens with zero attached hydrogens (tertiary/aromatic N) is 1. The number of hydrogen-bond donors (Lipinski definition) is 1. The van der Waals surface area contributed by atoms with E-state index < -0.39 is 9.84 Å². The average Bonchev–Trinajstić information content (AvgIpc) is 2.82. The first kappa shape index (κ1) is 20.6. The Morgan fingerprint density at radius 2 is 1.58 bits per heavy atom. The molecule has 0 saturated heterocycles. The molecule has 7 heteroatoms. The molecular weight excluding hydrogens is 412 g/mol. The number of sulfone groups is 1. The van der Waals surface area contributed by atoms with Gasteiger partial charge in [-0.15, -0.1) is 0 Å². The van der Waals surface area contributed by atoms with Crippen molar-refractivity contribution in [3.63, 3.8) is 0 Å². The standard InChI is InChI=1S/C24H20N2O4S/c1-30-21-6-10-23(11-7-21)31(28,29)22-8-2-17(3-9-22)15-26-24(27)19-5-4-18-12-13-25-16-20(18)14-19/h2-14,16H,15H2,1H3,(H,26,27). The van der Waals surface area contributed by atoms with Crippen LogP contribution in [-0.2, 0) is 16.4 Å². The second kappa shape index (κ2) is 8.57. The van der Waals surface area contributed by atoms with Crippen LogP contribution in [0.25, 0.3) is 10.8 Å². The first-order valence-electron chi connectivity index (χ1n) is 9.57. The van der Waals surface area contributed by atoms with Crippen LogP contribution in [0.5, 0.6) is 5.75 Å². The molecule has 1 heterocycles. The molecule has 156 valence electrons. The van der Waals surface area contributed by atoms with Crippen LogP contribution < -0.4 is 10.1 Å². The first-order chi connectivity index (χ1) is 15.0. The van der Waals surface area contributed by atoms with Crippen molar-refractivity contribution in [3.05, 3.63) is 96.3 Å². The third-order valence-corrected chi connectivity index (χ3v) is 6.74. The summed E-state index contributed by atoms with van der Waals surface area (Å²) in [5.41, 5.74) is 1.34. The number of amides is 1. The van der Waals surface area contributed by atoms with Crippen LogP contribution in [0.3, 0.4) is 0 Å². The molecule has 4 aromatic rings. The fourth-order valence-corrected chi connectivity index (χ4v) is 4.45. The van der Waals surface area contributed by atoms with Crippen molar-refractivity contribution in [3.8, 4) is 5.75 Å². The number of methoxy groups -OCH3 is 1. The molecule has 0 unspecified atom stereocenters. The van der Waals surface area contributed by atoms with Gasteiger partial charge in [-0.3, -0.25) is 9.78 Å². The van der Waals surface area contributed by atoms with E-state index in [4.69, 9.17) is 4.74 Å². The molecule has 3 aromatic carbocycles. The van der Waals surface area contributed by atoms with Gasteiger partial charge in [0.2, 0.25) is 9.84 Å². The Bertz CT molecular complexity index is 1330. The largest absolute Gasteiger partial charge is 0.497 e. The lowest BCUT2D eigenvalue weighted by atomic mass is 10.1. The van der Waals surface area contributed by atoms with E-state index in [0.717, 1.165) is 16.3 Å². The number of carbonyl (C=O) groups is 1. The minimum absolute atomic E-state index is 0.190. The Morgan fingerprint density at radius 1 is 0.903 bits per heavy atom. The van der Waals surface area contributed by atoms with Crippen LogP contribution in [0.4, 0.5) is 0 Å². The second-order valence-electron chi connectivity index (χ2n) is 6.94. The maximum absolute atomic E-state index is 12.8. The monoisotopic (exact) mass is 432 g/mol. The van der Waals surface area contributed by atoms with Crippen molar-refractivity contribution in [1.29, 1.82) is 0 Å². The molecule has 0 bridgehead atoms. The van der Waals surface area contributed by atoms with Crippen LogP contribution in [0.2, 0.25) is 0 Å². The Balaban J connectivity index is 1.44. The van der Waals surface area contributed by atoms with E-state index in [-0.39, 0.29) is 22.2 Å². The topological polar surface area (TPSA) is 85.4 Å². The maximum Gasteiger partial charge on any atom is 0.251 e. The molecule has 0 spiro atoms. The van der Waals surface area contributed by atoms with Crippen LogP contribution in [0, 0.1) is 0 Å². The number of ether oxygens (including phenoxy) is 1. The van der Waals surface area contributed by atoms with Crippen molar-refractivity contribution in [2.24, 2.45) is 0 Å². The van der Waals surface area contributed by atoms with Gasteiger partial charge in [0, 0.05) is 29.9 Å². The minimum Gasteiger partial charge on any atom is -0.497 e. The molecule has 0 radical (unpaired) electrons. The highest BCUT2D eigenvalue weighted by atomic mass is 32.2. The van der Waals surface area contributed by atoms with Crippen molar-refractivity contribution >= 4 is 26.5 Å². The van der Waals surface area contributed by atoms with Crippen LogP contribution in [0.15, 0.2) is 95.0 Å². The highest BCUT2D eigenvalue weighted by Crippen LogP contribution is 2.23. The van der Waals surface area contributed by atoms with Gasteiger partial charge in [-0.1, -0.05) is 18.2 Å². The predicted octanol–water partition coefficient (Wildman–Crippen LogP) is 4.01. The number of aromatic nitrogens is 1. The van der Waals surface area contributed by atoms with Crippen molar-refractivity contribution in [2.75, 3.05) is 7.11 Å². The number of hydrogen-bond acceptors (Lipinski definition) is 5. The van der Waals surface area contributed by atoms with Crippen LogP contribution in [-0.4, -0.2) is 26.4 Å². The summed E-state index contributed by atoms with van der Waals surface area (Å²) in [5, 5.41) is 4.77. The normalized spacial score (nSPS) is 11.3. The third kappa shape index (κ3) is 4.41. The summed E-state index contributed by atoms with van der Waals surface area (Å²) in [4.78, 5) is 17.0. The van der Waals surface area contributed by atoms with Crippen LogP contribution in [0.1, 0.15) is 15.9 Å². The van der Waals surface area contributed by atoms with E-state index in [0.29, 0.717) is 11.3 Å². The molecule has 1 N–H and O–H groups in total. The molecular formula is C24H20N2O4S. The van der Waals surface area contributed by atoms with E-state index in [2.05, 4.69) is 10.3 Å².